The Balaban J connectivity index is 1.88. The van der Waals surface area contributed by atoms with E-state index in [1.807, 2.05) is 0 Å². The van der Waals surface area contributed by atoms with Gasteiger partial charge < -0.3 is 10.4 Å². The predicted molar refractivity (Wildman–Crippen MR) is 82.6 cm³/mol. The molecule has 23 heavy (non-hydrogen) atoms. The smallest absolute Gasteiger partial charge is 0.254 e. The zero-order valence-electron chi connectivity index (χ0n) is 11.8. The van der Waals surface area contributed by atoms with Gasteiger partial charge in [0.05, 0.1) is 23.2 Å². The molecule has 2 aromatic carbocycles. The summed E-state index contributed by atoms with van der Waals surface area (Å²) in [6.45, 7) is -0.387. The van der Waals surface area contributed by atoms with Crippen LogP contribution in [0.5, 0.6) is 0 Å². The molecule has 0 saturated heterocycles. The van der Waals surface area contributed by atoms with Gasteiger partial charge in [-0.25, -0.2) is 4.39 Å². The fraction of sp³-hybridized carbons (Fsp3) is 0.133. The van der Waals surface area contributed by atoms with Gasteiger partial charge in [0.1, 0.15) is 16.9 Å². The van der Waals surface area contributed by atoms with Crippen molar-refractivity contribution >= 4 is 28.5 Å². The number of para-hydroxylation sites is 1. The third-order valence-electron chi connectivity index (χ3n) is 3.43. The first-order chi connectivity index (χ1) is 11.1. The second kappa shape index (κ2) is 6.31. The zero-order chi connectivity index (χ0) is 16.4. The number of aromatic amines is 1. The summed E-state index contributed by atoms with van der Waals surface area (Å²) in [5.74, 6) is -1.06. The highest BCUT2D eigenvalue weighted by atomic mass is 35.5. The lowest BCUT2D eigenvalue weighted by atomic mass is 10.1. The molecule has 1 amide bonds. The number of fused-ring (bicyclic) bond motifs is 1. The third kappa shape index (κ3) is 3.01. The highest BCUT2D eigenvalue weighted by Gasteiger charge is 2.19. The van der Waals surface area contributed by atoms with Crippen LogP contribution in [0.1, 0.15) is 22.0 Å². The Morgan fingerprint density at radius 2 is 2.17 bits per heavy atom. The number of rotatable bonds is 4. The number of carbonyl (C=O) groups excluding carboxylic acids is 1. The van der Waals surface area contributed by atoms with Gasteiger partial charge in [-0.15, -0.1) is 0 Å². The first-order valence-electron chi connectivity index (χ1n) is 6.76. The minimum absolute atomic E-state index is 0.0240. The van der Waals surface area contributed by atoms with Crippen LogP contribution >= 0.6 is 11.6 Å². The summed E-state index contributed by atoms with van der Waals surface area (Å²) >= 11 is 5.64. The molecular formula is C15H12ClFN4O2. The number of amides is 1. The summed E-state index contributed by atoms with van der Waals surface area (Å²) in [7, 11) is 0. The molecule has 3 N–H and O–H groups in total. The highest BCUT2D eigenvalue weighted by Crippen LogP contribution is 2.21. The van der Waals surface area contributed by atoms with E-state index in [0.717, 1.165) is 0 Å². The van der Waals surface area contributed by atoms with Gasteiger partial charge in [-0.1, -0.05) is 23.7 Å². The SMILES string of the molecule is O=C(N[C@@H](CO)c1ccc(Cl)c(F)c1)c1cccc2n[nH]nc12. The molecule has 0 radical (unpaired) electrons. The lowest BCUT2D eigenvalue weighted by Gasteiger charge is -2.17. The van der Waals surface area contributed by atoms with Gasteiger partial charge in [-0.05, 0) is 29.8 Å². The molecule has 0 bridgehead atoms. The molecule has 0 spiro atoms. The lowest BCUT2D eigenvalue weighted by Crippen LogP contribution is -2.31. The van der Waals surface area contributed by atoms with Crippen LogP contribution < -0.4 is 5.32 Å². The summed E-state index contributed by atoms with van der Waals surface area (Å²) in [4.78, 5) is 12.4. The second-order valence-corrected chi connectivity index (χ2v) is 5.29. The largest absolute Gasteiger partial charge is 0.394 e. The fourth-order valence-corrected chi connectivity index (χ4v) is 2.37. The van der Waals surface area contributed by atoms with Crippen molar-refractivity contribution in [1.29, 1.82) is 0 Å². The number of nitrogens with zero attached hydrogens (tertiary/aromatic N) is 2. The molecule has 0 saturated carbocycles. The highest BCUT2D eigenvalue weighted by molar-refractivity contribution is 6.30. The molecule has 0 fully saturated rings. The van der Waals surface area contributed by atoms with Gasteiger partial charge in [0.2, 0.25) is 0 Å². The van der Waals surface area contributed by atoms with Crippen molar-refractivity contribution in [1.82, 2.24) is 20.7 Å². The predicted octanol–water partition coefficient (Wildman–Crippen LogP) is 2.21. The summed E-state index contributed by atoms with van der Waals surface area (Å²) in [6.07, 6.45) is 0. The molecule has 0 aliphatic carbocycles. The lowest BCUT2D eigenvalue weighted by molar-refractivity contribution is 0.0917. The summed E-state index contributed by atoms with van der Waals surface area (Å²) in [6, 6.07) is 8.32. The number of carbonyl (C=O) groups is 1. The number of hydrogen-bond acceptors (Lipinski definition) is 4. The number of benzene rings is 2. The van der Waals surface area contributed by atoms with Crippen molar-refractivity contribution in [2.45, 2.75) is 6.04 Å². The van der Waals surface area contributed by atoms with Crippen LogP contribution in [0, 0.1) is 5.82 Å². The van der Waals surface area contributed by atoms with Crippen molar-refractivity contribution in [3.05, 3.63) is 58.4 Å². The topological polar surface area (TPSA) is 90.9 Å². The standard InChI is InChI=1S/C15H12ClFN4O2/c16-10-5-4-8(6-11(10)17)13(7-22)18-15(23)9-2-1-3-12-14(9)20-21-19-12/h1-6,13,22H,7H2,(H,18,23)(H,19,20,21)/t13-/m0/s1. The van der Waals surface area contributed by atoms with E-state index in [9.17, 15) is 14.3 Å². The van der Waals surface area contributed by atoms with E-state index >= 15 is 0 Å². The van der Waals surface area contributed by atoms with Gasteiger partial charge in [-0.3, -0.25) is 4.79 Å². The van der Waals surface area contributed by atoms with E-state index < -0.39 is 17.8 Å². The second-order valence-electron chi connectivity index (χ2n) is 4.88. The van der Waals surface area contributed by atoms with E-state index in [4.69, 9.17) is 11.6 Å². The average Bonchev–Trinajstić information content (AvgIpc) is 3.03. The van der Waals surface area contributed by atoms with Crippen LogP contribution in [0.25, 0.3) is 11.0 Å². The normalized spacial score (nSPS) is 12.3. The van der Waals surface area contributed by atoms with Crippen molar-refractivity contribution < 1.29 is 14.3 Å². The Morgan fingerprint density at radius 3 is 2.91 bits per heavy atom. The molecule has 1 heterocycles. The molecule has 1 atom stereocenters. The van der Waals surface area contributed by atoms with Crippen LogP contribution in [0.15, 0.2) is 36.4 Å². The Labute approximate surface area is 135 Å². The number of nitrogens with one attached hydrogen (secondary N) is 2. The van der Waals surface area contributed by atoms with Crippen LogP contribution in [0.3, 0.4) is 0 Å². The number of halogens is 2. The number of aromatic nitrogens is 3. The summed E-state index contributed by atoms with van der Waals surface area (Å²) in [5, 5.41) is 22.4. The van der Waals surface area contributed by atoms with Crippen molar-refractivity contribution in [3.8, 4) is 0 Å². The molecule has 3 aromatic rings. The molecule has 118 valence electrons. The van der Waals surface area contributed by atoms with Crippen molar-refractivity contribution in [3.63, 3.8) is 0 Å². The summed E-state index contributed by atoms with van der Waals surface area (Å²) < 4.78 is 13.6. The first kappa shape index (κ1) is 15.4. The van der Waals surface area contributed by atoms with Gasteiger partial charge in [0.15, 0.2) is 0 Å². The number of H-pyrrole nitrogens is 1. The molecule has 0 aliphatic rings. The maximum Gasteiger partial charge on any atom is 0.254 e. The zero-order valence-corrected chi connectivity index (χ0v) is 12.5. The number of aliphatic hydroxyl groups is 1. The maximum atomic E-state index is 13.6. The van der Waals surface area contributed by atoms with E-state index in [0.29, 0.717) is 22.2 Å². The molecule has 0 aliphatic heterocycles. The quantitative estimate of drug-likeness (QED) is 0.682. The molecule has 0 unspecified atom stereocenters. The third-order valence-corrected chi connectivity index (χ3v) is 3.73. The minimum Gasteiger partial charge on any atom is -0.394 e. The van der Waals surface area contributed by atoms with E-state index in [1.54, 1.807) is 24.3 Å². The van der Waals surface area contributed by atoms with Crippen LogP contribution in [0.4, 0.5) is 4.39 Å². The Hall–Kier alpha value is -2.51. The minimum atomic E-state index is -0.767. The monoisotopic (exact) mass is 334 g/mol. The van der Waals surface area contributed by atoms with Crippen molar-refractivity contribution in [2.75, 3.05) is 6.61 Å². The van der Waals surface area contributed by atoms with E-state index in [-0.39, 0.29) is 11.6 Å². The van der Waals surface area contributed by atoms with Gasteiger partial charge in [0, 0.05) is 0 Å². The molecular weight excluding hydrogens is 323 g/mol. The molecule has 6 nitrogen and oxygen atoms in total. The van der Waals surface area contributed by atoms with Crippen LogP contribution in [-0.2, 0) is 0 Å². The van der Waals surface area contributed by atoms with E-state index in [1.165, 1.54) is 12.1 Å². The average molecular weight is 335 g/mol. The Kier molecular flexibility index (Phi) is 4.22. The molecule has 3 rings (SSSR count). The first-order valence-corrected chi connectivity index (χ1v) is 7.14. The Morgan fingerprint density at radius 1 is 1.35 bits per heavy atom. The van der Waals surface area contributed by atoms with Crippen LogP contribution in [-0.4, -0.2) is 33.0 Å². The van der Waals surface area contributed by atoms with Gasteiger partial charge >= 0.3 is 0 Å². The molecule has 1 aromatic heterocycles. The molecule has 8 heteroatoms. The Bertz CT molecular complexity index is 868. The summed E-state index contributed by atoms with van der Waals surface area (Å²) in [5.41, 5.74) is 1.69. The van der Waals surface area contributed by atoms with E-state index in [2.05, 4.69) is 20.7 Å². The number of aliphatic hydroxyl groups excluding tert-OH is 1. The fourth-order valence-electron chi connectivity index (χ4n) is 2.25. The van der Waals surface area contributed by atoms with Crippen LogP contribution in [0.2, 0.25) is 5.02 Å². The van der Waals surface area contributed by atoms with Gasteiger partial charge in [0.25, 0.3) is 5.91 Å². The van der Waals surface area contributed by atoms with Gasteiger partial charge in [-0.2, -0.15) is 15.4 Å². The maximum absolute atomic E-state index is 13.6. The van der Waals surface area contributed by atoms with Crippen molar-refractivity contribution in [2.24, 2.45) is 0 Å². The number of hydrogen-bond donors (Lipinski definition) is 3.